The Morgan fingerprint density at radius 3 is 2.27 bits per heavy atom. The number of benzene rings is 3. The summed E-state index contributed by atoms with van der Waals surface area (Å²) in [6.07, 6.45) is 0. The fourth-order valence-corrected chi connectivity index (χ4v) is 4.22. The monoisotopic (exact) mass is 504 g/mol. The van der Waals surface area contributed by atoms with E-state index in [0.717, 1.165) is 29.8 Å². The molecule has 0 saturated heterocycles. The summed E-state index contributed by atoms with van der Waals surface area (Å²) < 4.78 is 11.0. The lowest BCUT2D eigenvalue weighted by molar-refractivity contribution is -0.152. The van der Waals surface area contributed by atoms with E-state index in [1.54, 1.807) is 31.2 Å². The zero-order valence-electron chi connectivity index (χ0n) is 22.2. The number of rotatable bonds is 10. The van der Waals surface area contributed by atoms with Crippen LogP contribution in [0.4, 0.5) is 5.69 Å². The molecule has 0 fully saturated rings. The van der Waals surface area contributed by atoms with E-state index >= 15 is 0 Å². The molecular weight excluding hydrogens is 468 g/mol. The van der Waals surface area contributed by atoms with Gasteiger partial charge in [0.05, 0.1) is 6.61 Å². The highest BCUT2D eigenvalue weighted by Crippen LogP contribution is 2.34. The number of esters is 1. The highest BCUT2D eigenvalue weighted by atomic mass is 16.5. The van der Waals surface area contributed by atoms with Gasteiger partial charge in [-0.3, -0.25) is 9.69 Å². The Labute approximate surface area is 219 Å². The number of anilines is 1. The normalized spacial score (nSPS) is 11.0. The predicted molar refractivity (Wildman–Crippen MR) is 145 cm³/mol. The Kier molecular flexibility index (Phi) is 9.69. The van der Waals surface area contributed by atoms with Gasteiger partial charge in [0.2, 0.25) is 0 Å². The summed E-state index contributed by atoms with van der Waals surface area (Å²) in [6.45, 7) is 12.1. The molecule has 0 atom stereocenters. The van der Waals surface area contributed by atoms with Gasteiger partial charge in [0, 0.05) is 30.9 Å². The molecule has 7 heteroatoms. The second-order valence-electron chi connectivity index (χ2n) is 9.56. The van der Waals surface area contributed by atoms with E-state index in [1.165, 1.54) is 5.56 Å². The highest BCUT2D eigenvalue weighted by Gasteiger charge is 2.17. The first-order chi connectivity index (χ1) is 17.7. The number of hydrogen-bond donors (Lipinski definition) is 2. The number of phenolic OH excluding ortho intramolecular Hbond substituents is 1. The Balaban J connectivity index is 1.78. The van der Waals surface area contributed by atoms with E-state index in [4.69, 9.17) is 9.47 Å². The fourth-order valence-electron chi connectivity index (χ4n) is 4.22. The number of nitrogens with one attached hydrogen (secondary N) is 1. The first kappa shape index (κ1) is 27.7. The quantitative estimate of drug-likeness (QED) is 0.262. The van der Waals surface area contributed by atoms with Gasteiger partial charge in [-0.05, 0) is 73.7 Å². The molecule has 0 spiro atoms. The van der Waals surface area contributed by atoms with Gasteiger partial charge in [0.15, 0.2) is 0 Å². The van der Waals surface area contributed by atoms with Crippen molar-refractivity contribution in [3.05, 3.63) is 82.9 Å². The van der Waals surface area contributed by atoms with Crippen LogP contribution >= 0.6 is 0 Å². The lowest BCUT2D eigenvalue weighted by atomic mass is 10.1. The van der Waals surface area contributed by atoms with Crippen LogP contribution in [0.2, 0.25) is 0 Å². The lowest BCUT2D eigenvalue weighted by Gasteiger charge is -2.25. The Hall–Kier alpha value is -3.84. The largest absolute Gasteiger partial charge is 0.508 e. The first-order valence-electron chi connectivity index (χ1n) is 12.5. The minimum Gasteiger partial charge on any atom is -0.508 e. The van der Waals surface area contributed by atoms with Gasteiger partial charge in [0.25, 0.3) is 0 Å². The molecule has 0 bridgehead atoms. The van der Waals surface area contributed by atoms with Crippen molar-refractivity contribution in [2.45, 2.75) is 47.7 Å². The van der Waals surface area contributed by atoms with Crippen molar-refractivity contribution in [2.75, 3.05) is 18.5 Å². The number of carbonyl (C=O) groups is 2. The lowest BCUT2D eigenvalue weighted by Crippen LogP contribution is -2.27. The van der Waals surface area contributed by atoms with Crippen LogP contribution in [-0.2, 0) is 27.4 Å². The average molecular weight is 505 g/mol. The summed E-state index contributed by atoms with van der Waals surface area (Å²) in [4.78, 5) is 26.0. The van der Waals surface area contributed by atoms with Crippen LogP contribution in [0, 0.1) is 19.8 Å². The van der Waals surface area contributed by atoms with Crippen LogP contribution in [0.1, 0.15) is 43.0 Å². The molecular formula is C30H36N2O5. The summed E-state index contributed by atoms with van der Waals surface area (Å²) in [7, 11) is 0. The maximum atomic E-state index is 12.0. The second kappa shape index (κ2) is 12.9. The van der Waals surface area contributed by atoms with Gasteiger partial charge in [-0.15, -0.1) is 0 Å². The summed E-state index contributed by atoms with van der Waals surface area (Å²) >= 11 is 0. The summed E-state index contributed by atoms with van der Waals surface area (Å²) in [6, 6.07) is 19.0. The number of amides is 1. The van der Waals surface area contributed by atoms with E-state index in [9.17, 15) is 14.7 Å². The van der Waals surface area contributed by atoms with Gasteiger partial charge in [-0.25, -0.2) is 4.79 Å². The van der Waals surface area contributed by atoms with Crippen LogP contribution in [0.3, 0.4) is 0 Å². The number of ether oxygens (including phenoxy) is 2. The summed E-state index contributed by atoms with van der Waals surface area (Å²) in [5.41, 5.74) is 4.06. The third-order valence-electron chi connectivity index (χ3n) is 5.72. The smallest absolute Gasteiger partial charge is 0.397 e. The zero-order valence-corrected chi connectivity index (χ0v) is 22.2. The average Bonchev–Trinajstić information content (AvgIpc) is 2.83. The number of nitrogens with zero attached hydrogens (tertiary/aromatic N) is 1. The van der Waals surface area contributed by atoms with Crippen LogP contribution in [0.25, 0.3) is 0 Å². The predicted octanol–water partition coefficient (Wildman–Crippen LogP) is 5.96. The molecule has 3 rings (SSSR count). The SMILES string of the molecule is CCOC(=O)C(=O)Nc1cc(C)c(Oc2ccc(O)c(CN(Cc3ccccc3)CC(C)C)c2)c(C)c1. The topological polar surface area (TPSA) is 88.1 Å². The molecule has 0 aliphatic carbocycles. The molecule has 0 unspecified atom stereocenters. The van der Waals surface area contributed by atoms with E-state index in [1.807, 2.05) is 38.1 Å². The van der Waals surface area contributed by atoms with Crippen molar-refractivity contribution >= 4 is 17.6 Å². The molecule has 2 N–H and O–H groups in total. The Morgan fingerprint density at radius 2 is 1.65 bits per heavy atom. The minimum atomic E-state index is -0.923. The standard InChI is InChI=1S/C30H36N2O5/c1-6-36-30(35)29(34)31-25-14-21(4)28(22(5)15-25)37-26-12-13-27(33)24(16-26)19-32(17-20(2)3)18-23-10-8-7-9-11-23/h7-16,20,33H,6,17-19H2,1-5H3,(H,31,34). The van der Waals surface area contributed by atoms with Crippen molar-refractivity contribution < 1.29 is 24.2 Å². The maximum absolute atomic E-state index is 12.0. The summed E-state index contributed by atoms with van der Waals surface area (Å²) in [5.74, 6) is 0.200. The van der Waals surface area contributed by atoms with Crippen molar-refractivity contribution in [3.63, 3.8) is 0 Å². The molecule has 0 aliphatic rings. The Morgan fingerprint density at radius 1 is 0.973 bits per heavy atom. The molecule has 3 aromatic carbocycles. The molecule has 7 nitrogen and oxygen atoms in total. The molecule has 3 aromatic rings. The molecule has 0 heterocycles. The fraction of sp³-hybridized carbons (Fsp3) is 0.333. The summed E-state index contributed by atoms with van der Waals surface area (Å²) in [5, 5.41) is 13.2. The second-order valence-corrected chi connectivity index (χ2v) is 9.56. The third kappa shape index (κ3) is 8.08. The molecule has 1 amide bonds. The Bertz CT molecular complexity index is 1200. The van der Waals surface area contributed by atoms with E-state index in [2.05, 4.69) is 36.2 Å². The van der Waals surface area contributed by atoms with E-state index in [0.29, 0.717) is 29.6 Å². The molecule has 0 radical (unpaired) electrons. The molecule has 0 aliphatic heterocycles. The van der Waals surface area contributed by atoms with Crippen molar-refractivity contribution in [1.82, 2.24) is 4.90 Å². The van der Waals surface area contributed by atoms with Gasteiger partial charge in [0.1, 0.15) is 17.2 Å². The van der Waals surface area contributed by atoms with Crippen LogP contribution in [0.15, 0.2) is 60.7 Å². The highest BCUT2D eigenvalue weighted by molar-refractivity contribution is 6.37. The zero-order chi connectivity index (χ0) is 26.9. The van der Waals surface area contributed by atoms with Crippen LogP contribution in [0.5, 0.6) is 17.2 Å². The first-order valence-corrected chi connectivity index (χ1v) is 12.5. The van der Waals surface area contributed by atoms with Gasteiger partial charge >= 0.3 is 11.9 Å². The number of aromatic hydroxyl groups is 1. The minimum absolute atomic E-state index is 0.132. The van der Waals surface area contributed by atoms with Crippen LogP contribution < -0.4 is 10.1 Å². The molecule has 196 valence electrons. The number of phenols is 1. The number of aryl methyl sites for hydroxylation is 2. The van der Waals surface area contributed by atoms with Gasteiger partial charge in [-0.2, -0.15) is 0 Å². The van der Waals surface area contributed by atoms with Crippen molar-refractivity contribution in [3.8, 4) is 17.2 Å². The van der Waals surface area contributed by atoms with Crippen LogP contribution in [-0.4, -0.2) is 35.0 Å². The number of hydrogen-bond acceptors (Lipinski definition) is 6. The van der Waals surface area contributed by atoms with Crippen molar-refractivity contribution in [1.29, 1.82) is 0 Å². The molecule has 37 heavy (non-hydrogen) atoms. The maximum Gasteiger partial charge on any atom is 0.397 e. The third-order valence-corrected chi connectivity index (χ3v) is 5.72. The van der Waals surface area contributed by atoms with E-state index < -0.39 is 11.9 Å². The van der Waals surface area contributed by atoms with E-state index in [-0.39, 0.29) is 12.4 Å². The van der Waals surface area contributed by atoms with Crippen molar-refractivity contribution in [2.24, 2.45) is 5.92 Å². The van der Waals surface area contributed by atoms with Gasteiger partial charge in [-0.1, -0.05) is 44.2 Å². The van der Waals surface area contributed by atoms with Gasteiger partial charge < -0.3 is 19.9 Å². The molecule has 0 aromatic heterocycles. The number of carbonyl (C=O) groups excluding carboxylic acids is 2. The molecule has 0 saturated carbocycles.